The molecule has 0 aromatic heterocycles. The minimum Gasteiger partial charge on any atom is -0.341 e. The monoisotopic (exact) mass is 363 g/mol. The number of hydrogen-bond acceptors (Lipinski definition) is 3. The van der Waals surface area contributed by atoms with E-state index in [2.05, 4.69) is 15.8 Å². The summed E-state index contributed by atoms with van der Waals surface area (Å²) in [5.41, 5.74) is 3.58. The third kappa shape index (κ3) is 4.81. The number of carbonyl (C=O) groups excluding carboxylic acids is 2. The number of amides is 2. The maximum absolute atomic E-state index is 11.8. The smallest absolute Gasteiger partial charge is 0.329 e. The lowest BCUT2D eigenvalue weighted by Gasteiger charge is -2.13. The Balaban J connectivity index is 1.91. The minimum atomic E-state index is -0.868. The van der Waals surface area contributed by atoms with Crippen LogP contribution >= 0.6 is 23.2 Å². The quantitative estimate of drug-likeness (QED) is 0.496. The molecule has 2 aromatic carbocycles. The van der Waals surface area contributed by atoms with Gasteiger partial charge in [0.15, 0.2) is 0 Å². The van der Waals surface area contributed by atoms with Gasteiger partial charge >= 0.3 is 11.8 Å². The van der Waals surface area contributed by atoms with Gasteiger partial charge in [-0.05, 0) is 18.6 Å². The topological polar surface area (TPSA) is 70.6 Å². The lowest BCUT2D eigenvalue weighted by Crippen LogP contribution is -2.39. The number of nitrogens with one attached hydrogen (secondary N) is 2. The van der Waals surface area contributed by atoms with Crippen molar-refractivity contribution in [3.05, 3.63) is 69.7 Å². The second kappa shape index (κ2) is 8.47. The summed E-state index contributed by atoms with van der Waals surface area (Å²) < 4.78 is 0. The van der Waals surface area contributed by atoms with Crippen molar-refractivity contribution in [1.82, 2.24) is 10.7 Å². The van der Waals surface area contributed by atoms with Crippen LogP contribution in [0.4, 0.5) is 0 Å². The standard InChI is InChI=1S/C17H15Cl2N3O2/c1-11(12-6-3-2-4-7-12)21-16(23)17(24)22-20-10-13-8-5-9-14(18)15(13)19/h2-11H,1H3,(H,21,23)(H,22,24)/b20-10-/t11-/m0/s1. The lowest BCUT2D eigenvalue weighted by molar-refractivity contribution is -0.139. The second-order valence-electron chi connectivity index (χ2n) is 4.95. The van der Waals surface area contributed by atoms with E-state index in [9.17, 15) is 9.59 Å². The van der Waals surface area contributed by atoms with Crippen LogP contribution in [-0.4, -0.2) is 18.0 Å². The summed E-state index contributed by atoms with van der Waals surface area (Å²) >= 11 is 11.9. The van der Waals surface area contributed by atoms with Crippen LogP contribution in [0.25, 0.3) is 0 Å². The molecule has 0 spiro atoms. The predicted molar refractivity (Wildman–Crippen MR) is 95.2 cm³/mol. The van der Waals surface area contributed by atoms with E-state index in [0.29, 0.717) is 15.6 Å². The van der Waals surface area contributed by atoms with Crippen LogP contribution in [0.3, 0.4) is 0 Å². The zero-order valence-corrected chi connectivity index (χ0v) is 14.3. The maximum atomic E-state index is 11.8. The van der Waals surface area contributed by atoms with Gasteiger partial charge in [-0.1, -0.05) is 65.7 Å². The van der Waals surface area contributed by atoms with Gasteiger partial charge < -0.3 is 5.32 Å². The van der Waals surface area contributed by atoms with Crippen molar-refractivity contribution in [1.29, 1.82) is 0 Å². The minimum absolute atomic E-state index is 0.296. The highest BCUT2D eigenvalue weighted by Crippen LogP contribution is 2.24. The Morgan fingerprint density at radius 3 is 2.46 bits per heavy atom. The van der Waals surface area contributed by atoms with Gasteiger partial charge in [0.2, 0.25) is 0 Å². The molecule has 0 heterocycles. The molecule has 5 nitrogen and oxygen atoms in total. The summed E-state index contributed by atoms with van der Waals surface area (Å²) in [6, 6.07) is 14.0. The van der Waals surface area contributed by atoms with E-state index in [4.69, 9.17) is 23.2 Å². The van der Waals surface area contributed by atoms with E-state index >= 15 is 0 Å². The predicted octanol–water partition coefficient (Wildman–Crippen LogP) is 3.32. The number of carbonyl (C=O) groups is 2. The van der Waals surface area contributed by atoms with Crippen LogP contribution in [0.5, 0.6) is 0 Å². The Morgan fingerprint density at radius 2 is 1.75 bits per heavy atom. The molecule has 0 saturated heterocycles. The first-order valence-corrected chi connectivity index (χ1v) is 7.87. The van der Waals surface area contributed by atoms with Gasteiger partial charge in [0.25, 0.3) is 0 Å². The van der Waals surface area contributed by atoms with Crippen molar-refractivity contribution in [2.45, 2.75) is 13.0 Å². The van der Waals surface area contributed by atoms with Gasteiger partial charge in [0.1, 0.15) is 0 Å². The third-order valence-electron chi connectivity index (χ3n) is 3.20. The van der Waals surface area contributed by atoms with Crippen molar-refractivity contribution in [3.63, 3.8) is 0 Å². The molecule has 0 bridgehead atoms. The lowest BCUT2D eigenvalue weighted by atomic mass is 10.1. The van der Waals surface area contributed by atoms with Gasteiger partial charge in [0, 0.05) is 5.56 Å². The van der Waals surface area contributed by atoms with Gasteiger partial charge in [-0.25, -0.2) is 5.43 Å². The summed E-state index contributed by atoms with van der Waals surface area (Å²) in [4.78, 5) is 23.6. The van der Waals surface area contributed by atoms with Crippen LogP contribution in [0.1, 0.15) is 24.1 Å². The van der Waals surface area contributed by atoms with E-state index in [1.165, 1.54) is 6.21 Å². The highest BCUT2D eigenvalue weighted by Gasteiger charge is 2.16. The molecule has 1 atom stereocenters. The molecule has 0 unspecified atom stereocenters. The number of benzene rings is 2. The van der Waals surface area contributed by atoms with Crippen molar-refractivity contribution in [2.24, 2.45) is 5.10 Å². The molecule has 0 saturated carbocycles. The summed E-state index contributed by atoms with van der Waals surface area (Å²) in [6.45, 7) is 1.79. The molecule has 0 aliphatic rings. The van der Waals surface area contributed by atoms with Crippen molar-refractivity contribution >= 4 is 41.2 Å². The zero-order valence-electron chi connectivity index (χ0n) is 12.8. The fraction of sp³-hybridized carbons (Fsp3) is 0.118. The molecule has 24 heavy (non-hydrogen) atoms. The van der Waals surface area contributed by atoms with Gasteiger partial charge in [-0.3, -0.25) is 9.59 Å². The molecule has 2 rings (SSSR count). The number of halogens is 2. The Morgan fingerprint density at radius 1 is 1.04 bits per heavy atom. The van der Waals surface area contributed by atoms with Crippen LogP contribution in [-0.2, 0) is 9.59 Å². The van der Waals surface area contributed by atoms with E-state index in [0.717, 1.165) is 5.56 Å². The van der Waals surface area contributed by atoms with E-state index in [1.54, 1.807) is 25.1 Å². The summed E-state index contributed by atoms with van der Waals surface area (Å²) in [7, 11) is 0. The first kappa shape index (κ1) is 18.0. The third-order valence-corrected chi connectivity index (χ3v) is 4.04. The molecule has 7 heteroatoms. The van der Waals surface area contributed by atoms with Gasteiger partial charge in [-0.15, -0.1) is 0 Å². The Bertz CT molecular complexity index is 764. The number of rotatable bonds is 4. The van der Waals surface area contributed by atoms with Crippen LogP contribution in [0.15, 0.2) is 53.6 Å². The average molecular weight is 364 g/mol. The van der Waals surface area contributed by atoms with Gasteiger partial charge in [-0.2, -0.15) is 5.10 Å². The fourth-order valence-electron chi connectivity index (χ4n) is 1.92. The average Bonchev–Trinajstić information content (AvgIpc) is 2.59. The van der Waals surface area contributed by atoms with E-state index in [1.807, 2.05) is 30.3 Å². The molecule has 2 N–H and O–H groups in total. The second-order valence-corrected chi connectivity index (χ2v) is 5.73. The summed E-state index contributed by atoms with van der Waals surface area (Å²) in [5, 5.41) is 7.00. The summed E-state index contributed by atoms with van der Waals surface area (Å²) in [5.74, 6) is -1.65. The number of hydrazone groups is 1. The molecule has 0 aliphatic heterocycles. The molecule has 2 aromatic rings. The molecular formula is C17H15Cl2N3O2. The molecule has 0 radical (unpaired) electrons. The van der Waals surface area contributed by atoms with E-state index < -0.39 is 11.8 Å². The Hall–Kier alpha value is -2.37. The van der Waals surface area contributed by atoms with Crippen LogP contribution in [0, 0.1) is 0 Å². The van der Waals surface area contributed by atoms with Crippen molar-refractivity contribution in [2.75, 3.05) is 0 Å². The molecular weight excluding hydrogens is 349 g/mol. The highest BCUT2D eigenvalue weighted by molar-refractivity contribution is 6.43. The zero-order chi connectivity index (χ0) is 17.5. The van der Waals surface area contributed by atoms with Crippen LogP contribution < -0.4 is 10.7 Å². The summed E-state index contributed by atoms with van der Waals surface area (Å²) in [6.07, 6.45) is 1.32. The number of nitrogens with zero attached hydrogens (tertiary/aromatic N) is 1. The SMILES string of the molecule is C[C@H](NC(=O)C(=O)N/N=C\c1cccc(Cl)c1Cl)c1ccccc1. The maximum Gasteiger partial charge on any atom is 0.329 e. The largest absolute Gasteiger partial charge is 0.341 e. The Labute approximate surface area is 149 Å². The number of hydrogen-bond donors (Lipinski definition) is 2. The highest BCUT2D eigenvalue weighted by atomic mass is 35.5. The van der Waals surface area contributed by atoms with E-state index in [-0.39, 0.29) is 6.04 Å². The normalized spacial score (nSPS) is 12.0. The van der Waals surface area contributed by atoms with Crippen LogP contribution in [0.2, 0.25) is 10.0 Å². The Kier molecular flexibility index (Phi) is 6.35. The van der Waals surface area contributed by atoms with Gasteiger partial charge in [0.05, 0.1) is 22.3 Å². The first-order chi connectivity index (χ1) is 11.5. The first-order valence-electron chi connectivity index (χ1n) is 7.12. The molecule has 0 aliphatic carbocycles. The molecule has 124 valence electrons. The molecule has 2 amide bonds. The fourth-order valence-corrected chi connectivity index (χ4v) is 2.28. The van der Waals surface area contributed by atoms with Crippen molar-refractivity contribution in [3.8, 4) is 0 Å². The van der Waals surface area contributed by atoms with Crippen molar-refractivity contribution < 1.29 is 9.59 Å². The molecule has 0 fully saturated rings.